The van der Waals surface area contributed by atoms with E-state index in [1.165, 1.54) is 49.3 Å². The molecule has 0 unspecified atom stereocenters. The molecule has 0 fully saturated rings. The highest BCUT2D eigenvalue weighted by atomic mass is 32.3. The van der Waals surface area contributed by atoms with E-state index in [2.05, 4.69) is 50.2 Å². The lowest BCUT2D eigenvalue weighted by Crippen LogP contribution is -1.96. The quantitative estimate of drug-likeness (QED) is 0.737. The first-order valence-electron chi connectivity index (χ1n) is 8.06. The number of rotatable bonds is 6. The molecule has 0 saturated carbocycles. The van der Waals surface area contributed by atoms with Crippen LogP contribution in [0.25, 0.3) is 10.8 Å². The SMILES string of the molecule is CCCCc1ccc2ccccc2c1CCCC.O=S(=O)(O)O. The Balaban J connectivity index is 0.000000463. The summed E-state index contributed by atoms with van der Waals surface area (Å²) >= 11 is 0. The van der Waals surface area contributed by atoms with Gasteiger partial charge in [0.2, 0.25) is 0 Å². The van der Waals surface area contributed by atoms with E-state index in [0.717, 1.165) is 0 Å². The number of benzene rings is 2. The van der Waals surface area contributed by atoms with E-state index in [0.29, 0.717) is 0 Å². The van der Waals surface area contributed by atoms with Gasteiger partial charge < -0.3 is 0 Å². The molecule has 0 aromatic heterocycles. The Morgan fingerprint density at radius 3 is 2.04 bits per heavy atom. The lowest BCUT2D eigenvalue weighted by molar-refractivity contribution is 0.381. The minimum Gasteiger partial charge on any atom is -0.264 e. The molecule has 0 spiro atoms. The lowest BCUT2D eigenvalue weighted by Gasteiger charge is -2.13. The van der Waals surface area contributed by atoms with Crippen molar-refractivity contribution in [3.63, 3.8) is 0 Å². The first kappa shape index (κ1) is 19.6. The van der Waals surface area contributed by atoms with Gasteiger partial charge in [-0.25, -0.2) is 0 Å². The van der Waals surface area contributed by atoms with Crippen LogP contribution < -0.4 is 0 Å². The molecule has 4 nitrogen and oxygen atoms in total. The van der Waals surface area contributed by atoms with Gasteiger partial charge in [-0.05, 0) is 47.6 Å². The van der Waals surface area contributed by atoms with Crippen molar-refractivity contribution in [1.82, 2.24) is 0 Å². The third kappa shape index (κ3) is 7.59. The van der Waals surface area contributed by atoms with E-state index >= 15 is 0 Å². The fourth-order valence-corrected chi connectivity index (χ4v) is 2.63. The normalized spacial score (nSPS) is 11.1. The van der Waals surface area contributed by atoms with Crippen molar-refractivity contribution >= 4 is 21.2 Å². The van der Waals surface area contributed by atoms with Crippen LogP contribution in [0.4, 0.5) is 0 Å². The minimum absolute atomic E-state index is 1.23. The Hall–Kier alpha value is -1.43. The van der Waals surface area contributed by atoms with Crippen LogP contribution in [0, 0.1) is 0 Å². The van der Waals surface area contributed by atoms with Gasteiger partial charge in [0.1, 0.15) is 0 Å². The second-order valence-electron chi connectivity index (χ2n) is 5.58. The maximum absolute atomic E-state index is 8.74. The Kier molecular flexibility index (Phi) is 8.23. The van der Waals surface area contributed by atoms with Gasteiger partial charge in [-0.15, -0.1) is 0 Å². The smallest absolute Gasteiger partial charge is 0.264 e. The van der Waals surface area contributed by atoms with E-state index in [1.807, 2.05) is 0 Å². The largest absolute Gasteiger partial charge is 0.394 e. The molecular formula is C18H26O4S. The number of unbranched alkanes of at least 4 members (excludes halogenated alkanes) is 2. The first-order valence-corrected chi connectivity index (χ1v) is 9.45. The highest BCUT2D eigenvalue weighted by Gasteiger charge is 2.06. The minimum atomic E-state index is -4.67. The summed E-state index contributed by atoms with van der Waals surface area (Å²) in [5.74, 6) is 0. The molecule has 0 heterocycles. The lowest BCUT2D eigenvalue weighted by atomic mass is 9.92. The van der Waals surface area contributed by atoms with Crippen LogP contribution in [0.15, 0.2) is 36.4 Å². The monoisotopic (exact) mass is 338 g/mol. The number of hydrogen-bond donors (Lipinski definition) is 2. The molecule has 2 rings (SSSR count). The molecular weight excluding hydrogens is 312 g/mol. The summed E-state index contributed by atoms with van der Waals surface area (Å²) in [5, 5.41) is 2.86. The highest BCUT2D eigenvalue weighted by molar-refractivity contribution is 7.79. The van der Waals surface area contributed by atoms with Crippen molar-refractivity contribution in [2.75, 3.05) is 0 Å². The van der Waals surface area contributed by atoms with Crippen LogP contribution in [0.2, 0.25) is 0 Å². The van der Waals surface area contributed by atoms with Crippen LogP contribution in [-0.2, 0) is 23.2 Å². The van der Waals surface area contributed by atoms with Gasteiger partial charge in [-0.2, -0.15) is 8.42 Å². The van der Waals surface area contributed by atoms with E-state index in [-0.39, 0.29) is 0 Å². The summed E-state index contributed by atoms with van der Waals surface area (Å²) in [5.41, 5.74) is 3.17. The van der Waals surface area contributed by atoms with Gasteiger partial charge in [0.25, 0.3) is 0 Å². The molecule has 23 heavy (non-hydrogen) atoms. The predicted molar refractivity (Wildman–Crippen MR) is 95.3 cm³/mol. The van der Waals surface area contributed by atoms with Gasteiger partial charge >= 0.3 is 10.4 Å². The maximum atomic E-state index is 8.74. The van der Waals surface area contributed by atoms with Crippen molar-refractivity contribution < 1.29 is 17.5 Å². The highest BCUT2D eigenvalue weighted by Crippen LogP contribution is 2.25. The summed E-state index contributed by atoms with van der Waals surface area (Å²) < 4.78 is 31.6. The van der Waals surface area contributed by atoms with Crippen LogP contribution in [0.1, 0.15) is 50.7 Å². The zero-order chi connectivity index (χ0) is 17.3. The summed E-state index contributed by atoms with van der Waals surface area (Å²) in [6.07, 6.45) is 7.62. The molecule has 0 aliphatic carbocycles. The Morgan fingerprint density at radius 2 is 1.43 bits per heavy atom. The van der Waals surface area contributed by atoms with Gasteiger partial charge in [0.05, 0.1) is 0 Å². The van der Waals surface area contributed by atoms with Crippen molar-refractivity contribution in [1.29, 1.82) is 0 Å². The molecule has 5 heteroatoms. The fraction of sp³-hybridized carbons (Fsp3) is 0.444. The van der Waals surface area contributed by atoms with E-state index in [4.69, 9.17) is 17.5 Å². The standard InChI is InChI=1S/C18H24.H2O4S/c1-3-5-9-15-13-14-16-10-7-8-12-18(16)17(15)11-6-4-2;1-5(2,3)4/h7-8,10,12-14H,3-6,9,11H2,1-2H3;(H2,1,2,3,4). The number of hydrogen-bond acceptors (Lipinski definition) is 2. The Morgan fingerprint density at radius 1 is 0.870 bits per heavy atom. The molecule has 0 radical (unpaired) electrons. The molecule has 0 aliphatic heterocycles. The zero-order valence-corrected chi connectivity index (χ0v) is 14.6. The second-order valence-corrected chi connectivity index (χ2v) is 6.47. The zero-order valence-electron chi connectivity index (χ0n) is 13.8. The summed E-state index contributed by atoms with van der Waals surface area (Å²) in [4.78, 5) is 0. The van der Waals surface area contributed by atoms with Gasteiger partial charge in [-0.1, -0.05) is 63.1 Å². The topological polar surface area (TPSA) is 74.6 Å². The predicted octanol–water partition coefficient (Wildman–Crippen LogP) is 4.87. The van der Waals surface area contributed by atoms with Crippen molar-refractivity contribution in [3.05, 3.63) is 47.5 Å². The van der Waals surface area contributed by atoms with Crippen molar-refractivity contribution in [3.8, 4) is 0 Å². The average Bonchev–Trinajstić information content (AvgIpc) is 2.49. The molecule has 0 bridgehead atoms. The summed E-state index contributed by atoms with van der Waals surface area (Å²) in [6.45, 7) is 4.55. The third-order valence-corrected chi connectivity index (χ3v) is 3.72. The molecule has 0 aliphatic rings. The van der Waals surface area contributed by atoms with Crippen LogP contribution >= 0.6 is 0 Å². The first-order chi connectivity index (χ1) is 10.9. The van der Waals surface area contributed by atoms with E-state index in [9.17, 15) is 0 Å². The fourth-order valence-electron chi connectivity index (χ4n) is 2.63. The third-order valence-electron chi connectivity index (χ3n) is 3.72. The van der Waals surface area contributed by atoms with E-state index < -0.39 is 10.4 Å². The molecule has 2 N–H and O–H groups in total. The summed E-state index contributed by atoms with van der Waals surface area (Å²) in [7, 11) is -4.67. The van der Waals surface area contributed by atoms with Crippen molar-refractivity contribution in [2.24, 2.45) is 0 Å². The average molecular weight is 338 g/mol. The molecule has 128 valence electrons. The van der Waals surface area contributed by atoms with Crippen molar-refractivity contribution in [2.45, 2.75) is 52.4 Å². The molecule has 0 amide bonds. The molecule has 2 aromatic rings. The van der Waals surface area contributed by atoms with Crippen LogP contribution in [0.3, 0.4) is 0 Å². The summed E-state index contributed by atoms with van der Waals surface area (Å²) in [6, 6.07) is 13.5. The van der Waals surface area contributed by atoms with Gasteiger partial charge in [0, 0.05) is 0 Å². The molecule has 2 aromatic carbocycles. The van der Waals surface area contributed by atoms with Gasteiger partial charge in [0.15, 0.2) is 0 Å². The number of aryl methyl sites for hydroxylation is 2. The van der Waals surface area contributed by atoms with E-state index in [1.54, 1.807) is 11.1 Å². The Labute approximate surface area is 139 Å². The molecule has 0 atom stereocenters. The van der Waals surface area contributed by atoms with Gasteiger partial charge in [-0.3, -0.25) is 9.11 Å². The number of fused-ring (bicyclic) bond motifs is 1. The Bertz CT molecular complexity index is 700. The molecule has 0 saturated heterocycles. The maximum Gasteiger partial charge on any atom is 0.394 e. The van der Waals surface area contributed by atoms with Crippen LogP contribution in [-0.4, -0.2) is 17.5 Å². The van der Waals surface area contributed by atoms with Crippen LogP contribution in [0.5, 0.6) is 0 Å². The second kappa shape index (κ2) is 9.65.